The summed E-state index contributed by atoms with van der Waals surface area (Å²) >= 11 is 0. The van der Waals surface area contributed by atoms with E-state index in [2.05, 4.69) is 0 Å². The molecule has 22 nitrogen and oxygen atoms in total. The van der Waals surface area contributed by atoms with Gasteiger partial charge < -0.3 is 104 Å². The average molecular weight is 904 g/mol. The molecular weight excluding hydrogens is 856 g/mol. The van der Waals surface area contributed by atoms with Crippen LogP contribution in [0.2, 0.25) is 0 Å². The summed E-state index contributed by atoms with van der Waals surface area (Å²) in [5.74, 6) is -1.68. The second-order valence-corrected chi connectivity index (χ2v) is 15.1. The predicted octanol–water partition coefficient (Wildman–Crippen LogP) is -2.76. The van der Waals surface area contributed by atoms with Gasteiger partial charge in [0, 0.05) is 17.7 Å². The van der Waals surface area contributed by atoms with Crippen molar-refractivity contribution in [2.24, 2.45) is 0 Å². The maximum Gasteiger partial charge on any atom is 0.510 e. The minimum Gasteiger partial charge on any atom is -0.508 e. The molecule has 64 heavy (non-hydrogen) atoms. The van der Waals surface area contributed by atoms with E-state index in [0.29, 0.717) is 5.56 Å². The zero-order valence-corrected chi connectivity index (χ0v) is 33.3. The summed E-state index contributed by atoms with van der Waals surface area (Å²) in [4.78, 5) is 23.3. The van der Waals surface area contributed by atoms with Crippen LogP contribution < -0.4 is 14.9 Å². The summed E-state index contributed by atoms with van der Waals surface area (Å²) < 4.78 is 46.6. The Morgan fingerprint density at radius 1 is 0.625 bits per heavy atom. The van der Waals surface area contributed by atoms with Gasteiger partial charge >= 0.3 is 5.97 Å². The van der Waals surface area contributed by atoms with Crippen LogP contribution in [-0.2, 0) is 23.7 Å². The van der Waals surface area contributed by atoms with Gasteiger partial charge in [0.05, 0.1) is 24.9 Å². The van der Waals surface area contributed by atoms with Crippen molar-refractivity contribution in [2.45, 2.75) is 92.1 Å². The maximum atomic E-state index is 12.9. The molecule has 5 aliphatic rings. The number of phenols is 2. The number of aromatic hydroxyl groups is 2. The maximum absolute atomic E-state index is 12.9. The van der Waals surface area contributed by atoms with E-state index in [1.54, 1.807) is 12.1 Å². The van der Waals surface area contributed by atoms with Crippen molar-refractivity contribution >= 4 is 12.0 Å². The number of phenolic OH excluding ortho intramolecular Hbond substituents is 2. The smallest absolute Gasteiger partial charge is 0.508 e. The second kappa shape index (κ2) is 19.9. The van der Waals surface area contributed by atoms with Gasteiger partial charge in [-0.05, 0) is 54.1 Å². The molecular formula is C42H47O22+. The molecule has 0 saturated carbocycles. The Balaban J connectivity index is 1.19. The van der Waals surface area contributed by atoms with Gasteiger partial charge in [-0.2, -0.15) is 0 Å². The van der Waals surface area contributed by atoms with Gasteiger partial charge in [-0.1, -0.05) is 12.1 Å². The van der Waals surface area contributed by atoms with Crippen molar-refractivity contribution in [1.29, 1.82) is 0 Å². The molecule has 1 aliphatic carbocycles. The van der Waals surface area contributed by atoms with E-state index in [9.17, 15) is 70.9 Å². The first-order valence-electron chi connectivity index (χ1n) is 19.7. The lowest BCUT2D eigenvalue weighted by atomic mass is 9.97. The summed E-state index contributed by atoms with van der Waals surface area (Å²) in [6.45, 7) is -2.27. The van der Waals surface area contributed by atoms with Crippen molar-refractivity contribution in [3.63, 3.8) is 0 Å². The van der Waals surface area contributed by atoms with Gasteiger partial charge in [0.1, 0.15) is 90.2 Å². The van der Waals surface area contributed by atoms with Gasteiger partial charge in [-0.15, -0.1) is 0 Å². The minimum absolute atomic E-state index is 0.0232. The number of hydrogen-bond acceptors (Lipinski definition) is 21. The highest BCUT2D eigenvalue weighted by Gasteiger charge is 2.52. The van der Waals surface area contributed by atoms with Gasteiger partial charge in [-0.25, -0.2) is 0 Å². The fourth-order valence-corrected chi connectivity index (χ4v) is 7.16. The Hall–Kier alpha value is -5.28. The number of carbonyl (C=O) groups excluding carboxylic acids is 1. The van der Waals surface area contributed by atoms with Crippen LogP contribution in [-0.4, -0.2) is 184 Å². The van der Waals surface area contributed by atoms with Crippen LogP contribution in [0.5, 0.6) is 23.0 Å². The third kappa shape index (κ3) is 10.00. The van der Waals surface area contributed by atoms with E-state index in [-0.39, 0.29) is 45.6 Å². The molecule has 0 unspecified atom stereocenters. The summed E-state index contributed by atoms with van der Waals surface area (Å²) in [6, 6.07) is 14.6. The number of hydrogen-bond donors (Lipinski definition) is 12. The second-order valence-electron chi connectivity index (χ2n) is 15.1. The van der Waals surface area contributed by atoms with E-state index in [4.69, 9.17) is 37.6 Å². The van der Waals surface area contributed by atoms with E-state index < -0.39 is 123 Å². The predicted molar refractivity (Wildman–Crippen MR) is 213 cm³/mol. The van der Waals surface area contributed by atoms with Crippen molar-refractivity contribution in [3.05, 3.63) is 88.6 Å². The Morgan fingerprint density at radius 2 is 1.17 bits per heavy atom. The molecule has 22 heteroatoms. The van der Waals surface area contributed by atoms with Crippen LogP contribution in [0.15, 0.2) is 82.0 Å². The first-order chi connectivity index (χ1) is 30.6. The summed E-state index contributed by atoms with van der Waals surface area (Å²) in [5, 5.41) is 126. The Kier molecular flexibility index (Phi) is 14.5. The summed E-state index contributed by atoms with van der Waals surface area (Å²) in [7, 11) is 0. The van der Waals surface area contributed by atoms with Gasteiger partial charge in [0.2, 0.25) is 19.2 Å². The molecule has 0 amide bonds. The van der Waals surface area contributed by atoms with Crippen LogP contribution in [0.25, 0.3) is 28.7 Å². The molecule has 3 saturated heterocycles. The monoisotopic (exact) mass is 903 g/mol. The topological polar surface area (TPSA) is 359 Å². The highest BCUT2D eigenvalue weighted by atomic mass is 16.8. The normalized spacial score (nSPS) is 33.2. The molecule has 346 valence electrons. The van der Waals surface area contributed by atoms with E-state index >= 15 is 0 Å². The SMILES string of the molecule is O=c1cc2oc(-c3ccc(O)cc3)c(O[C@@H]3O[C@H](CO)[C@@H](O)[C@H](O)[C@H]3O[C@@H]3O[C@H](COC(=[OH+])C=Cc4ccc(O)cc4)[C@@H](O)[C@H](O)[C@H]3O)cc-2c(O[C@@H]2O[C@H](CO)[C@@H](O)[C@H](O)[C@H]2O)c1. The highest BCUT2D eigenvalue weighted by molar-refractivity contribution is 5.88. The van der Waals surface area contributed by atoms with Gasteiger partial charge in [-0.3, -0.25) is 4.79 Å². The minimum atomic E-state index is -2.02. The molecule has 2 aromatic carbocycles. The van der Waals surface area contributed by atoms with E-state index in [1.807, 2.05) is 0 Å². The van der Waals surface area contributed by atoms with Crippen LogP contribution in [0.4, 0.5) is 0 Å². The lowest BCUT2D eigenvalue weighted by molar-refractivity contribution is -0.357. The van der Waals surface area contributed by atoms with Crippen LogP contribution >= 0.6 is 0 Å². The molecule has 0 aromatic heterocycles. The third-order valence-electron chi connectivity index (χ3n) is 10.7. The average Bonchev–Trinajstić information content (AvgIpc) is 3.28. The Bertz CT molecular complexity index is 2250. The third-order valence-corrected chi connectivity index (χ3v) is 10.7. The van der Waals surface area contributed by atoms with E-state index in [0.717, 1.165) is 18.2 Å². The fourth-order valence-electron chi connectivity index (χ4n) is 7.16. The fraction of sp³-hybridized carbons (Fsp3) is 0.429. The molecule has 7 rings (SSSR count). The number of aliphatic hydroxyl groups is 10. The van der Waals surface area contributed by atoms with Gasteiger partial charge in [0.25, 0.3) is 0 Å². The standard InChI is InChI=1S/C42H46O22/c43-14-26-30(49)33(52)36(55)40(61-26)59-24-12-21(47)11-23-22(24)13-25(38(58-23)18-4-8-20(46)9-5-18)60-42-39(35(54)31(50)27(15-44)62-42)64-41-37(56)34(53)32(51)28(63-41)16-57-29(48)10-3-17-1-6-19(45)7-2-17/h1-13,26-28,30-37,39-46,49-56H,14-16H2/p+1/t26-,27-,28-,30-,31-,32-,33+,34+,35+,36-,37-,39-,40-,41+,42-/m1/s1. The number of esters is 1. The highest BCUT2D eigenvalue weighted by Crippen LogP contribution is 2.43. The zero-order valence-electron chi connectivity index (χ0n) is 33.3. The number of fused-ring (bicyclic) bond motifs is 1. The largest absolute Gasteiger partial charge is 0.510 e. The van der Waals surface area contributed by atoms with Crippen LogP contribution in [0, 0.1) is 0 Å². The number of aliphatic hydroxyl groups excluding tert-OH is 10. The molecule has 0 spiro atoms. The summed E-state index contributed by atoms with van der Waals surface area (Å²) in [6.07, 6.45) is -24.3. The molecule has 2 aromatic rings. The molecule has 4 heterocycles. The van der Waals surface area contributed by atoms with Crippen molar-refractivity contribution < 1.29 is 104 Å². The Morgan fingerprint density at radius 3 is 1.81 bits per heavy atom. The molecule has 0 bridgehead atoms. The number of benzene rings is 3. The van der Waals surface area contributed by atoms with E-state index in [1.165, 1.54) is 48.5 Å². The van der Waals surface area contributed by atoms with Crippen molar-refractivity contribution in [3.8, 4) is 45.6 Å². The number of ether oxygens (including phenoxy) is 7. The lowest BCUT2D eigenvalue weighted by Crippen LogP contribution is -2.65. The number of rotatable bonds is 13. The molecule has 4 aliphatic heterocycles. The quantitative estimate of drug-likeness (QED) is 0.0367. The van der Waals surface area contributed by atoms with Crippen LogP contribution in [0.3, 0.4) is 0 Å². The van der Waals surface area contributed by atoms with Crippen molar-refractivity contribution in [1.82, 2.24) is 0 Å². The first-order valence-corrected chi connectivity index (χ1v) is 19.7. The molecule has 0 radical (unpaired) electrons. The first kappa shape index (κ1) is 46.7. The Labute approximate surface area is 361 Å². The lowest BCUT2D eigenvalue weighted by Gasteiger charge is -2.45. The zero-order chi connectivity index (χ0) is 46.0. The van der Waals surface area contributed by atoms with Crippen molar-refractivity contribution in [2.75, 3.05) is 19.8 Å². The molecule has 3 fully saturated rings. The van der Waals surface area contributed by atoms with Gasteiger partial charge in [0.15, 0.2) is 29.3 Å². The molecule has 15 atom stereocenters. The van der Waals surface area contributed by atoms with Crippen LogP contribution in [0.1, 0.15) is 5.56 Å². The summed E-state index contributed by atoms with van der Waals surface area (Å²) in [5.41, 5.74) is 0.0777. The molecule has 13 N–H and O–H groups in total.